The van der Waals surface area contributed by atoms with E-state index in [9.17, 15) is 23.8 Å². The fourth-order valence-electron chi connectivity index (χ4n) is 2.70. The molecule has 1 aromatic rings. The van der Waals surface area contributed by atoms with Gasteiger partial charge >= 0.3 is 0 Å². The van der Waals surface area contributed by atoms with E-state index in [1.807, 2.05) is 0 Å². The van der Waals surface area contributed by atoms with Gasteiger partial charge in [0.25, 0.3) is 9.70 Å². The van der Waals surface area contributed by atoms with Crippen LogP contribution in [0.1, 0.15) is 13.0 Å². The summed E-state index contributed by atoms with van der Waals surface area (Å²) in [6.07, 6.45) is -7.00. The standard InChI is InChI=1S/C12H16Cl3F2N5O5/c1-11(17)9(16)6(22-3-18-20-21-22)5(19-10(26)12(13,14)15)8(27-11)7(25)4(24)2-23/h3-9,23-25H,2H2,1H3,(H,19,26)/t4-,5-,6-,7-,8-,9?,11?/m1/s1. The van der Waals surface area contributed by atoms with E-state index in [2.05, 4.69) is 20.8 Å². The minimum atomic E-state index is -2.97. The number of halogens is 5. The number of nitrogens with zero attached hydrogens (tertiary/aromatic N) is 4. The van der Waals surface area contributed by atoms with Gasteiger partial charge in [-0.25, -0.2) is 13.5 Å². The van der Waals surface area contributed by atoms with Crippen LogP contribution in [-0.2, 0) is 9.53 Å². The number of amides is 1. The second kappa shape index (κ2) is 8.23. The molecule has 7 atom stereocenters. The summed E-state index contributed by atoms with van der Waals surface area (Å²) >= 11 is 16.5. The van der Waals surface area contributed by atoms with E-state index in [1.54, 1.807) is 0 Å². The summed E-state index contributed by atoms with van der Waals surface area (Å²) in [4.78, 5) is 12.1. The lowest BCUT2D eigenvalue weighted by Gasteiger charge is -2.47. The maximum atomic E-state index is 14.8. The molecule has 1 fully saturated rings. The number of hydrogen-bond acceptors (Lipinski definition) is 8. The molecule has 0 saturated carbocycles. The van der Waals surface area contributed by atoms with E-state index in [4.69, 9.17) is 44.6 Å². The fraction of sp³-hybridized carbons (Fsp3) is 0.833. The molecule has 2 unspecified atom stereocenters. The van der Waals surface area contributed by atoms with Crippen molar-refractivity contribution >= 4 is 40.7 Å². The van der Waals surface area contributed by atoms with Crippen molar-refractivity contribution in [3.63, 3.8) is 0 Å². The first kappa shape index (κ1) is 22.4. The largest absolute Gasteiger partial charge is 0.394 e. The summed E-state index contributed by atoms with van der Waals surface area (Å²) < 4.78 is 32.8. The molecule has 0 aliphatic carbocycles. The molecule has 4 N–H and O–H groups in total. The minimum Gasteiger partial charge on any atom is -0.394 e. The number of carbonyl (C=O) groups excluding carboxylic acids is 1. The minimum absolute atomic E-state index is 0.743. The van der Waals surface area contributed by atoms with E-state index in [0.717, 1.165) is 17.9 Å². The monoisotopic (exact) mass is 453 g/mol. The number of hydrogen-bond donors (Lipinski definition) is 4. The SMILES string of the molecule is CC1(F)O[C@@H]([C@H](O)[C@H](O)CO)[C@H](NC(=O)C(Cl)(Cl)Cl)[C@@H](n2cnnn2)C1F. The first-order valence-electron chi connectivity index (χ1n) is 7.48. The number of aromatic nitrogens is 4. The Hall–Kier alpha value is -0.890. The van der Waals surface area contributed by atoms with Crippen LogP contribution in [0.3, 0.4) is 0 Å². The number of tetrazole rings is 1. The van der Waals surface area contributed by atoms with E-state index >= 15 is 0 Å². The first-order valence-corrected chi connectivity index (χ1v) is 8.61. The molecule has 0 aromatic carbocycles. The first-order chi connectivity index (χ1) is 12.4. The number of aliphatic hydroxyl groups excluding tert-OH is 3. The number of alkyl halides is 5. The van der Waals surface area contributed by atoms with Crippen molar-refractivity contribution in [1.82, 2.24) is 25.5 Å². The van der Waals surface area contributed by atoms with Crippen molar-refractivity contribution in [3.05, 3.63) is 6.33 Å². The quantitative estimate of drug-likeness (QED) is 0.424. The summed E-state index contributed by atoms with van der Waals surface area (Å²) in [6, 6.07) is -3.24. The summed E-state index contributed by atoms with van der Waals surface area (Å²) in [7, 11) is 0. The molecule has 0 spiro atoms. The van der Waals surface area contributed by atoms with Crippen LogP contribution in [0.5, 0.6) is 0 Å². The molecule has 1 saturated heterocycles. The molecule has 1 aliphatic heterocycles. The molecule has 154 valence electrons. The molecule has 2 rings (SSSR count). The van der Waals surface area contributed by atoms with Gasteiger partial charge in [0.1, 0.15) is 30.7 Å². The number of nitrogens with one attached hydrogen (secondary N) is 1. The predicted octanol–water partition coefficient (Wildman–Crippen LogP) is -0.794. The Labute approximate surface area is 166 Å². The van der Waals surface area contributed by atoms with E-state index in [0.29, 0.717) is 0 Å². The van der Waals surface area contributed by atoms with Gasteiger partial charge < -0.3 is 25.4 Å². The number of carbonyl (C=O) groups is 1. The molecule has 15 heteroatoms. The van der Waals surface area contributed by atoms with Gasteiger partial charge in [-0.1, -0.05) is 34.8 Å². The lowest BCUT2D eigenvalue weighted by Crippen LogP contribution is -2.67. The predicted molar refractivity (Wildman–Crippen MR) is 87.5 cm³/mol. The van der Waals surface area contributed by atoms with Crippen LogP contribution in [0.2, 0.25) is 0 Å². The van der Waals surface area contributed by atoms with E-state index in [-0.39, 0.29) is 0 Å². The fourth-order valence-corrected chi connectivity index (χ4v) is 2.86. The highest BCUT2D eigenvalue weighted by Gasteiger charge is 2.58. The highest BCUT2D eigenvalue weighted by Crippen LogP contribution is 2.41. The lowest BCUT2D eigenvalue weighted by atomic mass is 9.86. The van der Waals surface area contributed by atoms with Crippen LogP contribution >= 0.6 is 34.8 Å². The van der Waals surface area contributed by atoms with Crippen molar-refractivity contribution in [1.29, 1.82) is 0 Å². The second-order valence-corrected chi connectivity index (χ2v) is 8.27. The summed E-state index contributed by atoms with van der Waals surface area (Å²) in [5.41, 5.74) is 0. The van der Waals surface area contributed by atoms with Gasteiger partial charge in [0, 0.05) is 0 Å². The van der Waals surface area contributed by atoms with Crippen molar-refractivity contribution in [2.75, 3.05) is 6.61 Å². The zero-order chi connectivity index (χ0) is 20.6. The molecule has 2 heterocycles. The van der Waals surface area contributed by atoms with Gasteiger partial charge in [-0.2, -0.15) is 0 Å². The zero-order valence-corrected chi connectivity index (χ0v) is 15.9. The van der Waals surface area contributed by atoms with Crippen molar-refractivity contribution in [2.45, 2.75) is 53.1 Å². The third kappa shape index (κ3) is 4.75. The van der Waals surface area contributed by atoms with Crippen molar-refractivity contribution in [2.24, 2.45) is 0 Å². The summed E-state index contributed by atoms with van der Waals surface area (Å²) in [5, 5.41) is 41.2. The average Bonchev–Trinajstić information content (AvgIpc) is 3.10. The molecule has 1 aliphatic rings. The highest BCUT2D eigenvalue weighted by atomic mass is 35.6. The number of rotatable bonds is 5. The Morgan fingerprint density at radius 2 is 2.11 bits per heavy atom. The van der Waals surface area contributed by atoms with Gasteiger partial charge in [0.05, 0.1) is 12.6 Å². The Morgan fingerprint density at radius 3 is 2.59 bits per heavy atom. The number of ether oxygens (including phenoxy) is 1. The van der Waals surface area contributed by atoms with Gasteiger partial charge in [0.2, 0.25) is 5.85 Å². The highest BCUT2D eigenvalue weighted by molar-refractivity contribution is 6.76. The van der Waals surface area contributed by atoms with Crippen LogP contribution in [0.15, 0.2) is 6.33 Å². The Bertz CT molecular complexity index is 650. The van der Waals surface area contributed by atoms with Crippen molar-refractivity contribution < 1.29 is 33.6 Å². The Kier molecular flexibility index (Phi) is 6.83. The Balaban J connectivity index is 2.49. The molecular formula is C12H16Cl3F2N5O5. The molecule has 1 amide bonds. The van der Waals surface area contributed by atoms with Crippen LogP contribution in [0, 0.1) is 0 Å². The summed E-state index contributed by atoms with van der Waals surface area (Å²) in [5.74, 6) is -4.21. The van der Waals surface area contributed by atoms with Crippen LogP contribution in [-0.4, -0.2) is 88.2 Å². The van der Waals surface area contributed by atoms with Gasteiger partial charge in [-0.15, -0.1) is 5.10 Å². The normalized spacial score (nSPS) is 34.1. The number of aliphatic hydroxyl groups is 3. The van der Waals surface area contributed by atoms with E-state index in [1.165, 1.54) is 0 Å². The molecule has 0 bridgehead atoms. The third-order valence-corrected chi connectivity index (χ3v) is 4.54. The second-order valence-electron chi connectivity index (χ2n) is 5.99. The van der Waals surface area contributed by atoms with Crippen molar-refractivity contribution in [3.8, 4) is 0 Å². The van der Waals surface area contributed by atoms with Gasteiger partial charge in [-0.05, 0) is 17.4 Å². The topological polar surface area (TPSA) is 143 Å². The van der Waals surface area contributed by atoms with Crippen LogP contribution in [0.4, 0.5) is 8.78 Å². The van der Waals surface area contributed by atoms with Crippen LogP contribution < -0.4 is 5.32 Å². The summed E-state index contributed by atoms with van der Waals surface area (Å²) in [6.45, 7) is -0.184. The molecule has 1 aromatic heterocycles. The third-order valence-electron chi connectivity index (χ3n) is 4.02. The lowest BCUT2D eigenvalue weighted by molar-refractivity contribution is -0.279. The average molecular weight is 455 g/mol. The molecular weight excluding hydrogens is 439 g/mol. The molecule has 10 nitrogen and oxygen atoms in total. The van der Waals surface area contributed by atoms with E-state index < -0.39 is 58.7 Å². The maximum absolute atomic E-state index is 14.8. The molecule has 27 heavy (non-hydrogen) atoms. The van der Waals surface area contributed by atoms with Gasteiger partial charge in [-0.3, -0.25) is 4.79 Å². The smallest absolute Gasteiger partial charge is 0.272 e. The van der Waals surface area contributed by atoms with Crippen LogP contribution in [0.25, 0.3) is 0 Å². The molecule has 0 radical (unpaired) electrons. The Morgan fingerprint density at radius 1 is 1.48 bits per heavy atom. The zero-order valence-electron chi connectivity index (χ0n) is 13.6. The maximum Gasteiger partial charge on any atom is 0.272 e. The van der Waals surface area contributed by atoms with Gasteiger partial charge in [0.15, 0.2) is 6.17 Å².